The molecule has 2 bridgehead atoms. The number of aliphatic hydroxyl groups is 1. The lowest BCUT2D eigenvalue weighted by molar-refractivity contribution is -0.163. The van der Waals surface area contributed by atoms with Crippen LogP contribution < -0.4 is 5.32 Å². The number of amides is 3. The summed E-state index contributed by atoms with van der Waals surface area (Å²) in [5, 5.41) is 12.3. The summed E-state index contributed by atoms with van der Waals surface area (Å²) >= 11 is 3.79. The number of unbranched alkanes of at least 4 members (excludes halogenated alkanes) is 3. The van der Waals surface area contributed by atoms with E-state index in [1.807, 2.05) is 35.2 Å². The van der Waals surface area contributed by atoms with Crippen LogP contribution in [0.25, 0.3) is 0 Å². The van der Waals surface area contributed by atoms with E-state index in [0.29, 0.717) is 44.3 Å². The molecule has 5 rings (SSSR count). The van der Waals surface area contributed by atoms with Gasteiger partial charge in [0.2, 0.25) is 17.7 Å². The standard InChI is InChI=1S/C40H56BrN3O8/c1-4-6-21-31(46)42-30(26-50-3)34(27-17-11-9-12-18-27)51-39(49)32-33-37(47)44(23-15-7-8-16-24-45)36(40(33)25-29(41)35(32)52-40)38(48)43(22-5-2)28-19-13-10-14-20-28/h4-5,9,11-12,17-18,28-30,32-36,45H,1-2,6-8,10,13-16,19-26H2,3H3,(H,42,46)/t29?,30-,32-,33+,34-,35-,36-,40+/m0/s1. The van der Waals surface area contributed by atoms with Gasteiger partial charge in [-0.1, -0.05) is 90.5 Å². The number of likely N-dealkylation sites (tertiary alicyclic amines) is 1. The van der Waals surface area contributed by atoms with Gasteiger partial charge in [-0.05, 0) is 44.1 Å². The van der Waals surface area contributed by atoms with Crippen molar-refractivity contribution >= 4 is 39.6 Å². The van der Waals surface area contributed by atoms with Crippen molar-refractivity contribution in [2.24, 2.45) is 11.8 Å². The van der Waals surface area contributed by atoms with Gasteiger partial charge in [-0.25, -0.2) is 0 Å². The molecule has 4 aliphatic rings. The Bertz CT molecular complexity index is 1410. The van der Waals surface area contributed by atoms with Gasteiger partial charge in [0, 0.05) is 44.1 Å². The Hall–Kier alpha value is -3.06. The van der Waals surface area contributed by atoms with Crippen LogP contribution in [0.1, 0.15) is 88.7 Å². The first-order valence-corrected chi connectivity index (χ1v) is 19.9. The molecule has 12 heteroatoms. The molecule has 1 saturated carbocycles. The van der Waals surface area contributed by atoms with E-state index in [1.54, 1.807) is 17.1 Å². The molecule has 3 saturated heterocycles. The maximum Gasteiger partial charge on any atom is 0.313 e. The van der Waals surface area contributed by atoms with Gasteiger partial charge < -0.3 is 34.4 Å². The molecule has 1 spiro atoms. The third-order valence-corrected chi connectivity index (χ3v) is 12.1. The second-order valence-corrected chi connectivity index (χ2v) is 15.8. The predicted molar refractivity (Wildman–Crippen MR) is 200 cm³/mol. The molecule has 286 valence electrons. The molecule has 1 unspecified atom stereocenters. The summed E-state index contributed by atoms with van der Waals surface area (Å²) in [7, 11) is 1.52. The first-order chi connectivity index (χ1) is 25.2. The number of esters is 1. The van der Waals surface area contributed by atoms with E-state index in [0.717, 1.165) is 44.9 Å². The smallest absolute Gasteiger partial charge is 0.313 e. The number of halogens is 1. The minimum absolute atomic E-state index is 0.0429. The van der Waals surface area contributed by atoms with Crippen LogP contribution in [0.15, 0.2) is 55.6 Å². The predicted octanol–water partition coefficient (Wildman–Crippen LogP) is 5.02. The average molecular weight is 787 g/mol. The van der Waals surface area contributed by atoms with Gasteiger partial charge in [-0.15, -0.1) is 13.2 Å². The molecule has 3 heterocycles. The summed E-state index contributed by atoms with van der Waals surface area (Å²) in [6, 6.07) is 7.61. The minimum atomic E-state index is -1.22. The van der Waals surface area contributed by atoms with Crippen LogP contribution >= 0.6 is 15.9 Å². The highest BCUT2D eigenvalue weighted by Crippen LogP contribution is 2.60. The summed E-state index contributed by atoms with van der Waals surface area (Å²) in [6.07, 6.45) is 10.8. The Labute approximate surface area is 316 Å². The average Bonchev–Trinajstić information content (AvgIpc) is 3.75. The molecule has 11 nitrogen and oxygen atoms in total. The number of alkyl halides is 1. The highest BCUT2D eigenvalue weighted by Gasteiger charge is 2.77. The van der Waals surface area contributed by atoms with E-state index >= 15 is 0 Å². The molecule has 2 N–H and O–H groups in total. The largest absolute Gasteiger partial charge is 0.455 e. The topological polar surface area (TPSA) is 135 Å². The van der Waals surface area contributed by atoms with E-state index < -0.39 is 47.7 Å². The van der Waals surface area contributed by atoms with Gasteiger partial charge in [0.05, 0.1) is 30.6 Å². The molecule has 8 atom stereocenters. The van der Waals surface area contributed by atoms with Crippen LogP contribution in [0, 0.1) is 11.8 Å². The number of allylic oxidation sites excluding steroid dienone is 1. The summed E-state index contributed by atoms with van der Waals surface area (Å²) in [4.78, 5) is 60.5. The summed E-state index contributed by atoms with van der Waals surface area (Å²) in [5.41, 5.74) is -0.554. The molecule has 1 aromatic rings. The van der Waals surface area contributed by atoms with E-state index in [-0.39, 0.29) is 48.2 Å². The molecule has 4 fully saturated rings. The van der Waals surface area contributed by atoms with Crippen molar-refractivity contribution in [3.05, 3.63) is 61.2 Å². The number of aliphatic hydroxyl groups excluding tert-OH is 1. The highest BCUT2D eigenvalue weighted by atomic mass is 79.9. The Morgan fingerprint density at radius 3 is 2.52 bits per heavy atom. The van der Waals surface area contributed by atoms with E-state index in [4.69, 9.17) is 14.2 Å². The zero-order valence-corrected chi connectivity index (χ0v) is 32.1. The van der Waals surface area contributed by atoms with Crippen LogP contribution in [0.3, 0.4) is 0 Å². The normalized spacial score (nSPS) is 27.9. The number of carbonyl (C=O) groups is 4. The Balaban J connectivity index is 1.48. The number of hydrogen-bond acceptors (Lipinski definition) is 8. The van der Waals surface area contributed by atoms with Crippen molar-refractivity contribution < 1.29 is 38.5 Å². The lowest BCUT2D eigenvalue weighted by Gasteiger charge is -2.41. The van der Waals surface area contributed by atoms with Crippen molar-refractivity contribution in [2.45, 2.75) is 118 Å². The molecule has 52 heavy (non-hydrogen) atoms. The second-order valence-electron chi connectivity index (χ2n) is 14.6. The maximum absolute atomic E-state index is 14.9. The molecular formula is C40H56BrN3O8. The van der Waals surface area contributed by atoms with Crippen molar-refractivity contribution in [2.75, 3.05) is 33.4 Å². The third kappa shape index (κ3) is 8.50. The Morgan fingerprint density at radius 1 is 1.12 bits per heavy atom. The number of nitrogens with zero attached hydrogens (tertiary/aromatic N) is 2. The third-order valence-electron chi connectivity index (χ3n) is 11.2. The summed E-state index contributed by atoms with van der Waals surface area (Å²) in [5.74, 6) is -3.16. The number of carbonyl (C=O) groups excluding carboxylic acids is 4. The number of methoxy groups -OCH3 is 1. The maximum atomic E-state index is 14.9. The molecule has 1 aliphatic carbocycles. The van der Waals surface area contributed by atoms with Crippen molar-refractivity contribution in [1.82, 2.24) is 15.1 Å². The fourth-order valence-electron chi connectivity index (χ4n) is 8.90. The van der Waals surface area contributed by atoms with E-state index in [1.165, 1.54) is 7.11 Å². The number of hydrogen-bond donors (Lipinski definition) is 2. The number of rotatable bonds is 20. The number of fused-ring (bicyclic) bond motifs is 1. The lowest BCUT2D eigenvalue weighted by Crippen LogP contribution is -2.58. The molecule has 1 aromatic carbocycles. The SMILES string of the molecule is C=CCCC(=O)N[C@@H](COC)[C@@H](OC(=O)[C@@H]1[C@H]2O[C@@]3(CC2Br)[C@H](C(=O)N(CC=C)C2CCCCC2)N(CCCCCCO)C(=O)[C@@H]13)c1ccccc1. The molecule has 0 aromatic heterocycles. The van der Waals surface area contributed by atoms with E-state index in [2.05, 4.69) is 34.4 Å². The number of nitrogens with one attached hydrogen (secondary N) is 1. The summed E-state index contributed by atoms with van der Waals surface area (Å²) in [6.45, 7) is 8.54. The second kappa shape index (κ2) is 18.8. The first-order valence-electron chi connectivity index (χ1n) is 19.0. The van der Waals surface area contributed by atoms with Gasteiger partial charge in [0.1, 0.15) is 17.7 Å². The van der Waals surface area contributed by atoms with Gasteiger partial charge in [0.25, 0.3) is 0 Å². The van der Waals surface area contributed by atoms with Crippen LogP contribution in [-0.4, -0.2) is 107 Å². The zero-order chi connectivity index (χ0) is 37.3. The first kappa shape index (κ1) is 40.1. The van der Waals surface area contributed by atoms with E-state index in [9.17, 15) is 24.3 Å². The van der Waals surface area contributed by atoms with Gasteiger partial charge >= 0.3 is 5.97 Å². The van der Waals surface area contributed by atoms with Gasteiger partial charge in [-0.3, -0.25) is 19.2 Å². The quantitative estimate of drug-likeness (QED) is 0.0816. The molecule has 3 aliphatic heterocycles. The number of benzene rings is 1. The molecular weight excluding hydrogens is 730 g/mol. The molecule has 3 amide bonds. The number of ether oxygens (including phenoxy) is 3. The van der Waals surface area contributed by atoms with Gasteiger partial charge in [0.15, 0.2) is 0 Å². The highest BCUT2D eigenvalue weighted by molar-refractivity contribution is 9.09. The van der Waals surface area contributed by atoms with Crippen molar-refractivity contribution in [3.8, 4) is 0 Å². The lowest BCUT2D eigenvalue weighted by atomic mass is 9.70. The summed E-state index contributed by atoms with van der Waals surface area (Å²) < 4.78 is 18.7. The van der Waals surface area contributed by atoms with Gasteiger partial charge in [-0.2, -0.15) is 0 Å². The van der Waals surface area contributed by atoms with Crippen LogP contribution in [0.2, 0.25) is 0 Å². The van der Waals surface area contributed by atoms with Crippen molar-refractivity contribution in [1.29, 1.82) is 0 Å². The zero-order valence-electron chi connectivity index (χ0n) is 30.5. The monoisotopic (exact) mass is 785 g/mol. The van der Waals surface area contributed by atoms with Crippen LogP contribution in [0.5, 0.6) is 0 Å². The van der Waals surface area contributed by atoms with Crippen LogP contribution in [-0.2, 0) is 33.4 Å². The minimum Gasteiger partial charge on any atom is -0.455 e. The van der Waals surface area contributed by atoms with Crippen LogP contribution in [0.4, 0.5) is 0 Å². The van der Waals surface area contributed by atoms with Crippen molar-refractivity contribution in [3.63, 3.8) is 0 Å². The Kier molecular flexibility index (Phi) is 14.5. The molecule has 0 radical (unpaired) electrons. The fourth-order valence-corrected chi connectivity index (χ4v) is 9.84. The Morgan fingerprint density at radius 2 is 1.85 bits per heavy atom. The fraction of sp³-hybridized carbons (Fsp3) is 0.650.